The van der Waals surface area contributed by atoms with Gasteiger partial charge in [-0.2, -0.15) is 0 Å². The number of halogens is 1. The van der Waals surface area contributed by atoms with Gasteiger partial charge in [0.25, 0.3) is 0 Å². The van der Waals surface area contributed by atoms with Crippen molar-refractivity contribution in [1.29, 1.82) is 0 Å². The molecule has 1 aromatic heterocycles. The summed E-state index contributed by atoms with van der Waals surface area (Å²) in [6.07, 6.45) is 3.58. The minimum absolute atomic E-state index is 0.116. The predicted molar refractivity (Wildman–Crippen MR) is 96.3 cm³/mol. The van der Waals surface area contributed by atoms with Gasteiger partial charge in [0.2, 0.25) is 11.7 Å². The molecule has 0 atom stereocenters. The second kappa shape index (κ2) is 7.78. The van der Waals surface area contributed by atoms with E-state index in [2.05, 4.69) is 5.32 Å². The van der Waals surface area contributed by atoms with Crippen LogP contribution < -0.4 is 5.32 Å². The van der Waals surface area contributed by atoms with Crippen molar-refractivity contribution >= 4 is 34.0 Å². The van der Waals surface area contributed by atoms with Crippen LogP contribution in [0.1, 0.15) is 50.9 Å². The lowest BCUT2D eigenvalue weighted by atomic mass is 9.95. The summed E-state index contributed by atoms with van der Waals surface area (Å²) in [4.78, 5) is 37.2. The van der Waals surface area contributed by atoms with Crippen LogP contribution >= 0.6 is 11.3 Å². The van der Waals surface area contributed by atoms with Gasteiger partial charge in [0.15, 0.2) is 6.61 Å². The van der Waals surface area contributed by atoms with Crippen molar-refractivity contribution in [2.45, 2.75) is 32.6 Å². The fourth-order valence-corrected chi connectivity index (χ4v) is 4.32. The van der Waals surface area contributed by atoms with E-state index in [0.29, 0.717) is 10.6 Å². The minimum atomic E-state index is -0.669. The Labute approximate surface area is 154 Å². The number of hydrogen-bond donors (Lipinski definition) is 1. The van der Waals surface area contributed by atoms with Crippen LogP contribution in [-0.2, 0) is 22.4 Å². The van der Waals surface area contributed by atoms with E-state index in [1.807, 2.05) is 0 Å². The molecule has 0 bridgehead atoms. The topological polar surface area (TPSA) is 72.5 Å². The van der Waals surface area contributed by atoms with Crippen molar-refractivity contribution in [3.05, 3.63) is 51.7 Å². The molecule has 7 heteroatoms. The summed E-state index contributed by atoms with van der Waals surface area (Å²) in [6, 6.07) is 5.55. The molecule has 3 rings (SSSR count). The van der Waals surface area contributed by atoms with Crippen LogP contribution in [0.3, 0.4) is 0 Å². The van der Waals surface area contributed by atoms with Crippen LogP contribution in [0.15, 0.2) is 24.3 Å². The normalized spacial score (nSPS) is 13.0. The molecule has 26 heavy (non-hydrogen) atoms. The SMILES string of the molecule is CC(=O)Nc1sc2c(c1C(=O)OCC(=O)c1ccccc1F)CCCC2. The molecule has 0 saturated heterocycles. The first-order valence-corrected chi connectivity index (χ1v) is 9.16. The van der Waals surface area contributed by atoms with E-state index in [4.69, 9.17) is 4.74 Å². The minimum Gasteiger partial charge on any atom is -0.454 e. The Balaban J connectivity index is 1.79. The highest BCUT2D eigenvalue weighted by Gasteiger charge is 2.27. The quantitative estimate of drug-likeness (QED) is 0.638. The third-order valence-corrected chi connectivity index (χ3v) is 5.38. The molecule has 0 fully saturated rings. The lowest BCUT2D eigenvalue weighted by Crippen LogP contribution is -2.18. The molecule has 1 aliphatic carbocycles. The van der Waals surface area contributed by atoms with Gasteiger partial charge < -0.3 is 10.1 Å². The average Bonchev–Trinajstić information content (AvgIpc) is 2.96. The average molecular weight is 375 g/mol. The summed E-state index contributed by atoms with van der Waals surface area (Å²) in [5.74, 6) is -2.21. The van der Waals surface area contributed by atoms with E-state index in [9.17, 15) is 18.8 Å². The summed E-state index contributed by atoms with van der Waals surface area (Å²) in [6.45, 7) is 0.819. The zero-order valence-corrected chi connectivity index (χ0v) is 15.1. The Kier molecular flexibility index (Phi) is 5.46. The molecule has 1 N–H and O–H groups in total. The van der Waals surface area contributed by atoms with Crippen LogP contribution in [0, 0.1) is 5.82 Å². The van der Waals surface area contributed by atoms with Crippen LogP contribution in [0.2, 0.25) is 0 Å². The molecule has 1 aliphatic rings. The molecule has 0 unspecified atom stereocenters. The monoisotopic (exact) mass is 375 g/mol. The highest BCUT2D eigenvalue weighted by molar-refractivity contribution is 7.17. The predicted octanol–water partition coefficient (Wildman–Crippen LogP) is 3.76. The molecule has 2 aromatic rings. The van der Waals surface area contributed by atoms with Crippen LogP contribution in [0.4, 0.5) is 9.39 Å². The van der Waals surface area contributed by atoms with Crippen molar-refractivity contribution < 1.29 is 23.5 Å². The van der Waals surface area contributed by atoms with Crippen LogP contribution in [0.5, 0.6) is 0 Å². The van der Waals surface area contributed by atoms with Crippen molar-refractivity contribution in [2.24, 2.45) is 0 Å². The van der Waals surface area contributed by atoms with E-state index in [1.54, 1.807) is 6.07 Å². The third-order valence-electron chi connectivity index (χ3n) is 4.17. The number of aryl methyl sites for hydroxylation is 1. The van der Waals surface area contributed by atoms with E-state index >= 15 is 0 Å². The van der Waals surface area contributed by atoms with Crippen molar-refractivity contribution in [2.75, 3.05) is 11.9 Å². The standard InChI is InChI=1S/C19H18FNO4S/c1-11(22)21-18-17(13-7-3-5-9-16(13)26-18)19(24)25-10-15(23)12-6-2-4-8-14(12)20/h2,4,6,8H,3,5,7,9-10H2,1H3,(H,21,22). The fraction of sp³-hybridized carbons (Fsp3) is 0.316. The van der Waals surface area contributed by atoms with Crippen LogP contribution in [-0.4, -0.2) is 24.3 Å². The number of rotatable bonds is 5. The number of nitrogens with one attached hydrogen (secondary N) is 1. The molecule has 1 amide bonds. The molecule has 0 radical (unpaired) electrons. The van der Waals surface area contributed by atoms with Crippen LogP contribution in [0.25, 0.3) is 0 Å². The van der Waals surface area contributed by atoms with Gasteiger partial charge in [-0.25, -0.2) is 9.18 Å². The number of ketones is 1. The van der Waals surface area contributed by atoms with E-state index < -0.39 is 24.2 Å². The van der Waals surface area contributed by atoms with Gasteiger partial charge in [0.1, 0.15) is 10.8 Å². The van der Waals surface area contributed by atoms with Gasteiger partial charge in [0.05, 0.1) is 11.1 Å². The molecular weight excluding hydrogens is 357 g/mol. The lowest BCUT2D eigenvalue weighted by Gasteiger charge is -2.12. The summed E-state index contributed by atoms with van der Waals surface area (Å²) in [5, 5.41) is 3.13. The maximum absolute atomic E-state index is 13.7. The summed E-state index contributed by atoms with van der Waals surface area (Å²) in [5.41, 5.74) is 1.09. The highest BCUT2D eigenvalue weighted by Crippen LogP contribution is 2.38. The van der Waals surface area contributed by atoms with Gasteiger partial charge in [0, 0.05) is 11.8 Å². The summed E-state index contributed by atoms with van der Waals surface area (Å²) >= 11 is 1.37. The third kappa shape index (κ3) is 3.83. The molecule has 0 saturated carbocycles. The van der Waals surface area contributed by atoms with E-state index in [0.717, 1.165) is 36.1 Å². The maximum Gasteiger partial charge on any atom is 0.341 e. The largest absolute Gasteiger partial charge is 0.454 e. The number of benzene rings is 1. The Morgan fingerprint density at radius 2 is 1.92 bits per heavy atom. The maximum atomic E-state index is 13.7. The lowest BCUT2D eigenvalue weighted by molar-refractivity contribution is -0.114. The van der Waals surface area contributed by atoms with Gasteiger partial charge in [-0.3, -0.25) is 9.59 Å². The Morgan fingerprint density at radius 3 is 2.65 bits per heavy atom. The number of carbonyl (C=O) groups excluding carboxylic acids is 3. The van der Waals surface area contributed by atoms with Crippen molar-refractivity contribution in [3.8, 4) is 0 Å². The second-order valence-electron chi connectivity index (χ2n) is 6.08. The zero-order chi connectivity index (χ0) is 18.7. The smallest absolute Gasteiger partial charge is 0.341 e. The Hall–Kier alpha value is -2.54. The van der Waals surface area contributed by atoms with Gasteiger partial charge >= 0.3 is 5.97 Å². The number of thiophene rings is 1. The molecular formula is C19H18FNO4S. The molecule has 136 valence electrons. The van der Waals surface area contributed by atoms with E-state index in [-0.39, 0.29) is 11.5 Å². The fourth-order valence-electron chi connectivity index (χ4n) is 3.00. The summed E-state index contributed by atoms with van der Waals surface area (Å²) in [7, 11) is 0. The van der Waals surface area contributed by atoms with Crippen molar-refractivity contribution in [1.82, 2.24) is 0 Å². The number of anilines is 1. The summed E-state index contributed by atoms with van der Waals surface area (Å²) < 4.78 is 18.8. The number of amides is 1. The number of fused-ring (bicyclic) bond motifs is 1. The number of esters is 1. The molecule has 1 aromatic carbocycles. The molecule has 0 aliphatic heterocycles. The first-order chi connectivity index (χ1) is 12.5. The number of carbonyl (C=O) groups is 3. The first kappa shape index (κ1) is 18.3. The van der Waals surface area contributed by atoms with Crippen molar-refractivity contribution in [3.63, 3.8) is 0 Å². The highest BCUT2D eigenvalue weighted by atomic mass is 32.1. The second-order valence-corrected chi connectivity index (χ2v) is 7.18. The Bertz CT molecular complexity index is 874. The molecule has 1 heterocycles. The van der Waals surface area contributed by atoms with Gasteiger partial charge in [-0.1, -0.05) is 12.1 Å². The van der Waals surface area contributed by atoms with E-state index in [1.165, 1.54) is 36.5 Å². The molecule has 5 nitrogen and oxygen atoms in total. The number of Topliss-reactive ketones (excluding diaryl/α,β-unsaturated/α-hetero) is 1. The number of ether oxygens (including phenoxy) is 1. The van der Waals surface area contributed by atoms with Gasteiger partial charge in [-0.05, 0) is 43.4 Å². The first-order valence-electron chi connectivity index (χ1n) is 8.34. The molecule has 0 spiro atoms. The Morgan fingerprint density at radius 1 is 1.19 bits per heavy atom. The zero-order valence-electron chi connectivity index (χ0n) is 14.3. The van der Waals surface area contributed by atoms with Gasteiger partial charge in [-0.15, -0.1) is 11.3 Å². The number of hydrogen-bond acceptors (Lipinski definition) is 5.